The molecule has 2 N–H and O–H groups in total. The Morgan fingerprint density at radius 2 is 1.85 bits per heavy atom. The van der Waals surface area contributed by atoms with Gasteiger partial charge < -0.3 is 19.5 Å². The molecule has 48 heavy (non-hydrogen) atoms. The Kier molecular flexibility index (Phi) is 7.52. The minimum Gasteiger partial charge on any atom is -0.481 e. The molecule has 11 nitrogen and oxygen atoms in total. The van der Waals surface area contributed by atoms with E-state index < -0.39 is 12.1 Å². The second-order valence-corrected chi connectivity index (χ2v) is 13.1. The van der Waals surface area contributed by atoms with E-state index >= 15 is 0 Å². The van der Waals surface area contributed by atoms with Crippen LogP contribution in [0.3, 0.4) is 0 Å². The minimum absolute atomic E-state index is 0.203. The van der Waals surface area contributed by atoms with Crippen molar-refractivity contribution >= 4 is 40.3 Å². The Morgan fingerprint density at radius 3 is 2.65 bits per heavy atom. The lowest BCUT2D eigenvalue weighted by Crippen LogP contribution is -2.29. The summed E-state index contributed by atoms with van der Waals surface area (Å²) in [6.07, 6.45) is 2.10. The second kappa shape index (κ2) is 11.9. The van der Waals surface area contributed by atoms with E-state index in [1.807, 2.05) is 42.5 Å². The highest BCUT2D eigenvalue weighted by Gasteiger charge is 2.32. The third-order valence-corrected chi connectivity index (χ3v) is 10.1. The van der Waals surface area contributed by atoms with Gasteiger partial charge in [0, 0.05) is 37.4 Å². The molecule has 1 saturated heterocycles. The number of carboxylic acids is 1. The molecular weight excluding hydrogens is 632 g/mol. The van der Waals surface area contributed by atoms with Crippen molar-refractivity contribution in [1.82, 2.24) is 19.7 Å². The fourth-order valence-electron chi connectivity index (χ4n) is 7.32. The predicted molar refractivity (Wildman–Crippen MR) is 177 cm³/mol. The summed E-state index contributed by atoms with van der Waals surface area (Å²) in [4.78, 5) is 33.6. The number of aromatic nitrogens is 3. The van der Waals surface area contributed by atoms with Crippen LogP contribution in [0.4, 0.5) is 5.69 Å². The Bertz CT molecular complexity index is 2170. The van der Waals surface area contributed by atoms with Crippen molar-refractivity contribution in [2.75, 3.05) is 24.5 Å². The molecule has 3 aliphatic heterocycles. The molecule has 3 aromatic carbocycles. The lowest BCUT2D eigenvalue weighted by Gasteiger charge is -2.18. The van der Waals surface area contributed by atoms with Crippen molar-refractivity contribution < 1.29 is 24.2 Å². The number of hydrogen-bond acceptors (Lipinski definition) is 8. The van der Waals surface area contributed by atoms with Gasteiger partial charge in [0.2, 0.25) is 5.89 Å². The standard InChI is InChI=1S/C36H31ClN6O5/c37-32-25(23-4-2-7-29-24(23)10-13-42(29)35(45)28-16-30-31(44)8-3-11-43(30)40-28)5-1-6-26(32)34-39-27-15-20(14-22(17-38)33(27)48-34)18-41-12-9-21(19-41)36(46)47/h1-2,4-7,14-16,21,31,44H,3,8-13,18-19H2,(H,46,47)/t21-,31?/m1/s1. The summed E-state index contributed by atoms with van der Waals surface area (Å²) in [7, 11) is 0. The Balaban J connectivity index is 1.10. The van der Waals surface area contributed by atoms with Crippen LogP contribution in [-0.4, -0.2) is 61.4 Å². The molecule has 0 saturated carbocycles. The minimum atomic E-state index is -0.786. The molecule has 0 radical (unpaired) electrons. The average molecular weight is 663 g/mol. The number of anilines is 1. The van der Waals surface area contributed by atoms with Crippen molar-refractivity contribution in [3.63, 3.8) is 0 Å². The Hall–Kier alpha value is -5.02. The molecule has 5 aromatic rings. The van der Waals surface area contributed by atoms with Gasteiger partial charge in [-0.25, -0.2) is 4.98 Å². The zero-order valence-electron chi connectivity index (χ0n) is 25.9. The van der Waals surface area contributed by atoms with E-state index in [4.69, 9.17) is 21.0 Å². The number of amides is 1. The van der Waals surface area contributed by atoms with Crippen molar-refractivity contribution in [1.29, 1.82) is 5.26 Å². The topological polar surface area (TPSA) is 149 Å². The molecule has 242 valence electrons. The number of aliphatic hydroxyl groups is 1. The number of halogens is 1. The average Bonchev–Trinajstić information content (AvgIpc) is 3.89. The first-order valence-electron chi connectivity index (χ1n) is 16.1. The normalized spacial score (nSPS) is 19.0. The van der Waals surface area contributed by atoms with Gasteiger partial charge in [-0.3, -0.25) is 19.2 Å². The summed E-state index contributed by atoms with van der Waals surface area (Å²) in [5, 5.41) is 34.7. The second-order valence-electron chi connectivity index (χ2n) is 12.7. The smallest absolute Gasteiger partial charge is 0.307 e. The van der Waals surface area contributed by atoms with E-state index in [0.29, 0.717) is 90.6 Å². The number of aliphatic hydroxyl groups excluding tert-OH is 1. The van der Waals surface area contributed by atoms with Gasteiger partial charge in [-0.05, 0) is 79.3 Å². The van der Waals surface area contributed by atoms with Gasteiger partial charge in [0.25, 0.3) is 5.91 Å². The van der Waals surface area contributed by atoms with Crippen molar-refractivity contribution in [2.24, 2.45) is 5.92 Å². The van der Waals surface area contributed by atoms with Crippen LogP contribution in [0.1, 0.15) is 58.2 Å². The zero-order valence-corrected chi connectivity index (χ0v) is 26.7. The quantitative estimate of drug-likeness (QED) is 0.229. The van der Waals surface area contributed by atoms with Crippen LogP contribution < -0.4 is 4.90 Å². The number of aliphatic carboxylic acids is 1. The van der Waals surface area contributed by atoms with Gasteiger partial charge in [-0.2, -0.15) is 10.4 Å². The summed E-state index contributed by atoms with van der Waals surface area (Å²) in [5.74, 6) is -1.09. The molecule has 5 heterocycles. The number of carbonyl (C=O) groups excluding carboxylic acids is 1. The molecule has 0 spiro atoms. The summed E-state index contributed by atoms with van der Waals surface area (Å²) in [5.41, 5.74) is 7.14. The van der Waals surface area contributed by atoms with Crippen LogP contribution in [0, 0.1) is 17.2 Å². The van der Waals surface area contributed by atoms with Gasteiger partial charge in [0.15, 0.2) is 11.3 Å². The van der Waals surface area contributed by atoms with E-state index in [2.05, 4.69) is 16.1 Å². The van der Waals surface area contributed by atoms with Gasteiger partial charge in [-0.1, -0.05) is 35.9 Å². The first kappa shape index (κ1) is 30.3. The molecule has 1 fully saturated rings. The van der Waals surface area contributed by atoms with E-state index in [9.17, 15) is 25.1 Å². The number of rotatable bonds is 6. The number of carboxylic acid groups (broad SMARTS) is 1. The maximum atomic E-state index is 13.7. The first-order valence-corrected chi connectivity index (χ1v) is 16.4. The maximum Gasteiger partial charge on any atom is 0.307 e. The third-order valence-electron chi connectivity index (χ3n) is 9.71. The zero-order chi connectivity index (χ0) is 33.1. The van der Waals surface area contributed by atoms with Crippen molar-refractivity contribution in [3.8, 4) is 28.7 Å². The highest BCUT2D eigenvalue weighted by atomic mass is 35.5. The number of hydrogen-bond donors (Lipinski definition) is 2. The molecule has 1 unspecified atom stereocenters. The number of likely N-dealkylation sites (tertiary alicyclic amines) is 1. The van der Waals surface area contributed by atoms with Crippen LogP contribution >= 0.6 is 11.6 Å². The van der Waals surface area contributed by atoms with Crippen molar-refractivity contribution in [3.05, 3.63) is 87.7 Å². The molecule has 12 heteroatoms. The number of fused-ring (bicyclic) bond motifs is 3. The molecule has 8 rings (SSSR count). The summed E-state index contributed by atoms with van der Waals surface area (Å²) in [6.45, 7) is 2.82. The Morgan fingerprint density at radius 1 is 1.04 bits per heavy atom. The highest BCUT2D eigenvalue weighted by molar-refractivity contribution is 6.36. The largest absolute Gasteiger partial charge is 0.481 e. The number of benzene rings is 3. The van der Waals surface area contributed by atoms with Gasteiger partial charge in [0.1, 0.15) is 11.6 Å². The van der Waals surface area contributed by atoms with Crippen molar-refractivity contribution in [2.45, 2.75) is 44.9 Å². The molecule has 0 bridgehead atoms. The SMILES string of the molecule is N#Cc1cc(CN2CC[C@@H](C(=O)O)C2)cc2nc(-c3cccc(-c4cccc5c4CCN5C(=O)c4cc5n(n4)CCCC5O)c3Cl)oc12. The number of oxazole rings is 1. The first-order chi connectivity index (χ1) is 23.3. The molecular formula is C36H31ClN6O5. The lowest BCUT2D eigenvalue weighted by molar-refractivity contribution is -0.141. The van der Waals surface area contributed by atoms with Gasteiger partial charge in [0.05, 0.1) is 33.9 Å². The molecule has 2 atom stereocenters. The van der Waals surface area contributed by atoms with Crippen LogP contribution in [0.2, 0.25) is 5.02 Å². The van der Waals surface area contributed by atoms with E-state index in [1.165, 1.54) is 0 Å². The van der Waals surface area contributed by atoms with E-state index in [-0.39, 0.29) is 17.7 Å². The molecule has 2 aromatic heterocycles. The molecule has 0 aliphatic carbocycles. The maximum absolute atomic E-state index is 13.7. The summed E-state index contributed by atoms with van der Waals surface area (Å²) in [6, 6.07) is 19.0. The predicted octanol–water partition coefficient (Wildman–Crippen LogP) is 5.82. The fraction of sp³-hybridized carbons (Fsp3) is 0.306. The molecule has 3 aliphatic rings. The summed E-state index contributed by atoms with van der Waals surface area (Å²) < 4.78 is 7.90. The summed E-state index contributed by atoms with van der Waals surface area (Å²) >= 11 is 7.09. The number of nitriles is 1. The Labute approximate surface area is 280 Å². The highest BCUT2D eigenvalue weighted by Crippen LogP contribution is 2.43. The van der Waals surface area contributed by atoms with Crippen LogP contribution in [0.5, 0.6) is 0 Å². The van der Waals surface area contributed by atoms with E-state index in [0.717, 1.165) is 34.4 Å². The number of nitrogens with zero attached hydrogens (tertiary/aromatic N) is 6. The number of carbonyl (C=O) groups is 2. The van der Waals surface area contributed by atoms with Crippen LogP contribution in [0.15, 0.2) is 59.0 Å². The third kappa shape index (κ3) is 5.13. The monoisotopic (exact) mass is 662 g/mol. The van der Waals surface area contributed by atoms with E-state index in [1.54, 1.807) is 21.7 Å². The van der Waals surface area contributed by atoms with Crippen LogP contribution in [0.25, 0.3) is 33.7 Å². The number of aryl methyl sites for hydroxylation is 1. The fourth-order valence-corrected chi connectivity index (χ4v) is 7.63. The van der Waals surface area contributed by atoms with Crippen LogP contribution in [-0.2, 0) is 24.3 Å². The van der Waals surface area contributed by atoms with Gasteiger partial charge in [-0.15, -0.1) is 0 Å². The molecule has 1 amide bonds. The lowest BCUT2D eigenvalue weighted by atomic mass is 9.96. The van der Waals surface area contributed by atoms with Gasteiger partial charge >= 0.3 is 5.97 Å².